The first-order chi connectivity index (χ1) is 13.5. The van der Waals surface area contributed by atoms with Gasteiger partial charge in [-0.15, -0.1) is 0 Å². The molecule has 0 bridgehead atoms. The molecule has 1 aliphatic carbocycles. The van der Waals surface area contributed by atoms with Crippen molar-refractivity contribution >= 4 is 29.1 Å². The molecule has 0 spiro atoms. The predicted molar refractivity (Wildman–Crippen MR) is 115 cm³/mol. The van der Waals surface area contributed by atoms with Gasteiger partial charge < -0.3 is 4.90 Å². The molecule has 150 valence electrons. The van der Waals surface area contributed by atoms with E-state index in [9.17, 15) is 4.79 Å². The lowest BCUT2D eigenvalue weighted by Crippen LogP contribution is -2.53. The number of halogens is 2. The van der Waals surface area contributed by atoms with E-state index < -0.39 is 0 Å². The van der Waals surface area contributed by atoms with Crippen LogP contribution in [-0.4, -0.2) is 72.0 Å². The third-order valence-corrected chi connectivity index (χ3v) is 7.00. The summed E-state index contributed by atoms with van der Waals surface area (Å²) in [6.45, 7) is 7.86. The fourth-order valence-electron chi connectivity index (χ4n) is 4.42. The number of amides is 1. The Morgan fingerprint density at radius 2 is 1.68 bits per heavy atom. The molecule has 4 nitrogen and oxygen atoms in total. The standard InChI is InChI=1S/C22H27Cl2N3O/c1-16-2-4-17(5-3-16)22(28)27-9-8-19(15-27)26-12-10-25(11-13-26)18-6-7-20(23)21(24)14-18/h2-7,18-19H,8-15H2,1H3. The van der Waals surface area contributed by atoms with Gasteiger partial charge in [0.05, 0.1) is 5.03 Å². The zero-order chi connectivity index (χ0) is 19.7. The van der Waals surface area contributed by atoms with Crippen LogP contribution in [0.4, 0.5) is 0 Å². The first kappa shape index (κ1) is 20.0. The fourth-order valence-corrected chi connectivity index (χ4v) is 4.79. The molecule has 3 aliphatic rings. The van der Waals surface area contributed by atoms with Crippen molar-refractivity contribution in [2.24, 2.45) is 0 Å². The van der Waals surface area contributed by atoms with Gasteiger partial charge in [-0.05, 0) is 31.6 Å². The molecule has 2 aliphatic heterocycles. The van der Waals surface area contributed by atoms with Crippen molar-refractivity contribution in [3.8, 4) is 0 Å². The summed E-state index contributed by atoms with van der Waals surface area (Å²) >= 11 is 12.3. The first-order valence-electron chi connectivity index (χ1n) is 10.1. The van der Waals surface area contributed by atoms with E-state index in [0.717, 1.165) is 62.7 Å². The zero-order valence-electron chi connectivity index (χ0n) is 16.3. The number of piperazine rings is 1. The SMILES string of the molecule is Cc1ccc(C(=O)N2CCC(N3CCN(C4C=CC(Cl)=C(Cl)C4)CC3)C2)cc1. The van der Waals surface area contributed by atoms with Crippen LogP contribution in [-0.2, 0) is 0 Å². The Morgan fingerprint density at radius 1 is 1.00 bits per heavy atom. The first-order valence-corrected chi connectivity index (χ1v) is 10.8. The van der Waals surface area contributed by atoms with Crippen LogP contribution in [0.2, 0.25) is 0 Å². The number of aryl methyl sites for hydroxylation is 1. The lowest BCUT2D eigenvalue weighted by atomic mass is 10.1. The predicted octanol–water partition coefficient (Wildman–Crippen LogP) is 3.84. The third-order valence-electron chi connectivity index (χ3n) is 6.20. The molecule has 0 radical (unpaired) electrons. The molecule has 2 fully saturated rings. The van der Waals surface area contributed by atoms with E-state index in [1.807, 2.05) is 42.2 Å². The Balaban J connectivity index is 1.28. The number of hydrogen-bond acceptors (Lipinski definition) is 3. The molecule has 28 heavy (non-hydrogen) atoms. The van der Waals surface area contributed by atoms with Gasteiger partial charge in [0.15, 0.2) is 0 Å². The van der Waals surface area contributed by atoms with Crippen molar-refractivity contribution in [2.45, 2.75) is 31.8 Å². The van der Waals surface area contributed by atoms with Gasteiger partial charge in [-0.2, -0.15) is 0 Å². The Labute approximate surface area is 177 Å². The van der Waals surface area contributed by atoms with Crippen LogP contribution in [0.1, 0.15) is 28.8 Å². The number of hydrogen-bond donors (Lipinski definition) is 0. The molecular formula is C22H27Cl2N3O. The molecule has 2 heterocycles. The molecule has 0 N–H and O–H groups in total. The second kappa shape index (κ2) is 8.58. The minimum Gasteiger partial charge on any atom is -0.337 e. The highest BCUT2D eigenvalue weighted by Gasteiger charge is 2.33. The van der Waals surface area contributed by atoms with Crippen molar-refractivity contribution in [3.63, 3.8) is 0 Å². The number of carbonyl (C=O) groups is 1. The second-order valence-electron chi connectivity index (χ2n) is 8.02. The highest BCUT2D eigenvalue weighted by Crippen LogP contribution is 2.29. The zero-order valence-corrected chi connectivity index (χ0v) is 17.8. The lowest BCUT2D eigenvalue weighted by molar-refractivity contribution is 0.0708. The summed E-state index contributed by atoms with van der Waals surface area (Å²) in [5.41, 5.74) is 1.98. The van der Waals surface area contributed by atoms with E-state index in [-0.39, 0.29) is 5.91 Å². The van der Waals surface area contributed by atoms with E-state index in [4.69, 9.17) is 23.2 Å². The van der Waals surface area contributed by atoms with Gasteiger partial charge in [0, 0.05) is 68.4 Å². The Hall–Kier alpha value is -1.33. The summed E-state index contributed by atoms with van der Waals surface area (Å²) < 4.78 is 0. The molecule has 1 aromatic rings. The maximum absolute atomic E-state index is 12.8. The normalized spacial score (nSPS) is 26.9. The van der Waals surface area contributed by atoms with Gasteiger partial charge in [0.2, 0.25) is 0 Å². The Morgan fingerprint density at radius 3 is 2.36 bits per heavy atom. The minimum atomic E-state index is 0.159. The fraction of sp³-hybridized carbons (Fsp3) is 0.500. The number of benzene rings is 1. The van der Waals surface area contributed by atoms with Crippen molar-refractivity contribution in [1.82, 2.24) is 14.7 Å². The molecule has 2 atom stereocenters. The van der Waals surface area contributed by atoms with Crippen molar-refractivity contribution in [2.75, 3.05) is 39.3 Å². The smallest absolute Gasteiger partial charge is 0.253 e. The van der Waals surface area contributed by atoms with Crippen LogP contribution in [0.25, 0.3) is 0 Å². The highest BCUT2D eigenvalue weighted by molar-refractivity contribution is 6.40. The molecule has 1 amide bonds. The molecular weight excluding hydrogens is 393 g/mol. The molecule has 2 saturated heterocycles. The largest absolute Gasteiger partial charge is 0.337 e. The number of rotatable bonds is 3. The van der Waals surface area contributed by atoms with Crippen LogP contribution in [0.3, 0.4) is 0 Å². The molecule has 4 rings (SSSR count). The molecule has 1 aromatic carbocycles. The van der Waals surface area contributed by atoms with Crippen LogP contribution in [0.15, 0.2) is 46.5 Å². The van der Waals surface area contributed by atoms with E-state index in [1.165, 1.54) is 5.56 Å². The maximum atomic E-state index is 12.8. The van der Waals surface area contributed by atoms with Crippen LogP contribution in [0.5, 0.6) is 0 Å². The van der Waals surface area contributed by atoms with Crippen molar-refractivity contribution < 1.29 is 4.79 Å². The van der Waals surface area contributed by atoms with E-state index in [0.29, 0.717) is 17.1 Å². The van der Waals surface area contributed by atoms with Crippen LogP contribution < -0.4 is 0 Å². The number of nitrogens with zero attached hydrogens (tertiary/aromatic N) is 3. The van der Waals surface area contributed by atoms with Gasteiger partial charge in [0.25, 0.3) is 5.91 Å². The lowest BCUT2D eigenvalue weighted by Gasteiger charge is -2.41. The Bertz CT molecular complexity index is 781. The van der Waals surface area contributed by atoms with Gasteiger partial charge in [0.1, 0.15) is 0 Å². The van der Waals surface area contributed by atoms with E-state index in [2.05, 4.69) is 15.9 Å². The monoisotopic (exact) mass is 419 g/mol. The summed E-state index contributed by atoms with van der Waals surface area (Å²) in [7, 11) is 0. The maximum Gasteiger partial charge on any atom is 0.253 e. The molecule has 0 aromatic heterocycles. The quantitative estimate of drug-likeness (QED) is 0.744. The Kier molecular flexibility index (Phi) is 6.12. The van der Waals surface area contributed by atoms with Gasteiger partial charge >= 0.3 is 0 Å². The summed E-state index contributed by atoms with van der Waals surface area (Å²) in [6, 6.07) is 8.71. The van der Waals surface area contributed by atoms with Gasteiger partial charge in [-0.3, -0.25) is 14.6 Å². The third kappa shape index (κ3) is 4.30. The summed E-state index contributed by atoms with van der Waals surface area (Å²) in [4.78, 5) is 19.8. The average Bonchev–Trinajstić information content (AvgIpc) is 3.20. The van der Waals surface area contributed by atoms with E-state index >= 15 is 0 Å². The number of allylic oxidation sites excluding steroid dienone is 2. The number of likely N-dealkylation sites (tertiary alicyclic amines) is 1. The van der Waals surface area contributed by atoms with Gasteiger partial charge in [-0.25, -0.2) is 0 Å². The van der Waals surface area contributed by atoms with Gasteiger partial charge in [-0.1, -0.05) is 47.0 Å². The topological polar surface area (TPSA) is 26.8 Å². The molecule has 6 heteroatoms. The minimum absolute atomic E-state index is 0.159. The van der Waals surface area contributed by atoms with Crippen LogP contribution >= 0.6 is 23.2 Å². The average molecular weight is 420 g/mol. The molecule has 0 saturated carbocycles. The van der Waals surface area contributed by atoms with Crippen molar-refractivity contribution in [1.29, 1.82) is 0 Å². The number of carbonyl (C=O) groups excluding carboxylic acids is 1. The highest BCUT2D eigenvalue weighted by atomic mass is 35.5. The molecule has 2 unspecified atom stereocenters. The summed E-state index contributed by atoms with van der Waals surface area (Å²) in [5.74, 6) is 0.159. The van der Waals surface area contributed by atoms with E-state index in [1.54, 1.807) is 0 Å². The van der Waals surface area contributed by atoms with Crippen molar-refractivity contribution in [3.05, 3.63) is 57.6 Å². The van der Waals surface area contributed by atoms with Crippen LogP contribution in [0, 0.1) is 6.92 Å². The summed E-state index contributed by atoms with van der Waals surface area (Å²) in [5, 5.41) is 1.43. The second-order valence-corrected chi connectivity index (χ2v) is 8.88. The summed E-state index contributed by atoms with van der Waals surface area (Å²) in [6.07, 6.45) is 5.96.